The summed E-state index contributed by atoms with van der Waals surface area (Å²) in [6.45, 7) is 1.21. The SMILES string of the molecule is CC(=O)N=Nc1c(O)[nH]c(=O)c2c(N)n(-c3ccccc3)nc12. The Hall–Kier alpha value is -3.49. The second kappa shape index (κ2) is 5.37. The van der Waals surface area contributed by atoms with Crippen molar-refractivity contribution in [1.82, 2.24) is 14.8 Å². The molecule has 1 aromatic carbocycles. The third-order valence-electron chi connectivity index (χ3n) is 3.12. The lowest BCUT2D eigenvalue weighted by molar-refractivity contribution is -0.116. The molecule has 0 spiro atoms. The van der Waals surface area contributed by atoms with Gasteiger partial charge < -0.3 is 10.8 Å². The number of fused-ring (bicyclic) bond motifs is 1. The number of carbonyl (C=O) groups excluding carboxylic acids is 1. The third-order valence-corrected chi connectivity index (χ3v) is 3.12. The van der Waals surface area contributed by atoms with Gasteiger partial charge >= 0.3 is 0 Å². The molecule has 0 atom stereocenters. The molecule has 3 rings (SSSR count). The number of aromatic nitrogens is 3. The molecule has 0 bridgehead atoms. The minimum atomic E-state index is -0.612. The van der Waals surface area contributed by atoms with Crippen molar-refractivity contribution in [3.05, 3.63) is 40.7 Å². The van der Waals surface area contributed by atoms with Gasteiger partial charge in [0.15, 0.2) is 5.69 Å². The van der Waals surface area contributed by atoms with Gasteiger partial charge in [0, 0.05) is 6.92 Å². The van der Waals surface area contributed by atoms with Crippen LogP contribution in [0.4, 0.5) is 11.5 Å². The number of hydrogen-bond donors (Lipinski definition) is 3. The molecule has 0 aliphatic rings. The molecule has 0 aliphatic carbocycles. The zero-order valence-electron chi connectivity index (χ0n) is 12.0. The summed E-state index contributed by atoms with van der Waals surface area (Å²) in [6, 6.07) is 8.92. The maximum Gasteiger partial charge on any atom is 0.264 e. The fourth-order valence-corrected chi connectivity index (χ4v) is 2.14. The number of hydrogen-bond acceptors (Lipinski definition) is 6. The summed E-state index contributed by atoms with van der Waals surface area (Å²) in [7, 11) is 0. The Morgan fingerprint density at radius 2 is 2.04 bits per heavy atom. The first-order chi connectivity index (χ1) is 11.0. The topological polar surface area (TPSA) is 139 Å². The van der Waals surface area contributed by atoms with Gasteiger partial charge in [0.25, 0.3) is 11.5 Å². The summed E-state index contributed by atoms with van der Waals surface area (Å²) in [5.74, 6) is -1.00. The molecule has 4 N–H and O–H groups in total. The van der Waals surface area contributed by atoms with Crippen molar-refractivity contribution in [1.29, 1.82) is 0 Å². The number of carbonyl (C=O) groups is 1. The van der Waals surface area contributed by atoms with Crippen LogP contribution >= 0.6 is 0 Å². The summed E-state index contributed by atoms with van der Waals surface area (Å²) < 4.78 is 1.35. The summed E-state index contributed by atoms with van der Waals surface area (Å²) in [5.41, 5.74) is 5.95. The number of anilines is 1. The molecular weight excluding hydrogens is 300 g/mol. The van der Waals surface area contributed by atoms with E-state index in [1.807, 2.05) is 6.07 Å². The highest BCUT2D eigenvalue weighted by Gasteiger charge is 2.20. The fraction of sp³-hybridized carbons (Fsp3) is 0.0714. The molecule has 1 amide bonds. The van der Waals surface area contributed by atoms with Crippen LogP contribution in [0.2, 0.25) is 0 Å². The van der Waals surface area contributed by atoms with Gasteiger partial charge in [-0.05, 0) is 12.1 Å². The molecule has 9 nitrogen and oxygen atoms in total. The van der Waals surface area contributed by atoms with Crippen molar-refractivity contribution in [2.75, 3.05) is 5.73 Å². The molecular formula is C14H12N6O3. The number of nitrogens with zero attached hydrogens (tertiary/aromatic N) is 4. The van der Waals surface area contributed by atoms with Gasteiger partial charge in [-0.15, -0.1) is 10.2 Å². The first kappa shape index (κ1) is 14.4. The van der Waals surface area contributed by atoms with E-state index in [1.165, 1.54) is 11.6 Å². The highest BCUT2D eigenvalue weighted by atomic mass is 16.3. The number of para-hydroxylation sites is 1. The highest BCUT2D eigenvalue weighted by Crippen LogP contribution is 2.33. The van der Waals surface area contributed by atoms with E-state index in [4.69, 9.17) is 5.73 Å². The lowest BCUT2D eigenvalue weighted by Gasteiger charge is -2.02. The van der Waals surface area contributed by atoms with E-state index in [1.54, 1.807) is 24.3 Å². The van der Waals surface area contributed by atoms with Gasteiger partial charge in [0.05, 0.1) is 5.69 Å². The molecule has 0 unspecified atom stereocenters. The molecule has 0 fully saturated rings. The molecule has 116 valence electrons. The third kappa shape index (κ3) is 2.44. The largest absolute Gasteiger partial charge is 0.493 e. The summed E-state index contributed by atoms with van der Waals surface area (Å²) in [6.07, 6.45) is 0. The number of aromatic hydroxyl groups is 1. The minimum absolute atomic E-state index is 0.0533. The Labute approximate surface area is 129 Å². The molecule has 0 saturated carbocycles. The molecule has 2 aromatic heterocycles. The average Bonchev–Trinajstić information content (AvgIpc) is 2.85. The van der Waals surface area contributed by atoms with Gasteiger partial charge in [0.2, 0.25) is 5.88 Å². The predicted octanol–water partition coefficient (Wildman–Crippen LogP) is 1.63. The van der Waals surface area contributed by atoms with Gasteiger partial charge in [-0.2, -0.15) is 5.10 Å². The van der Waals surface area contributed by atoms with E-state index >= 15 is 0 Å². The second-order valence-corrected chi connectivity index (χ2v) is 4.73. The normalized spacial score (nSPS) is 11.3. The van der Waals surface area contributed by atoms with E-state index in [2.05, 4.69) is 20.3 Å². The van der Waals surface area contributed by atoms with E-state index < -0.39 is 17.3 Å². The first-order valence-corrected chi connectivity index (χ1v) is 6.60. The van der Waals surface area contributed by atoms with Crippen molar-refractivity contribution < 1.29 is 9.90 Å². The van der Waals surface area contributed by atoms with Gasteiger partial charge in [-0.25, -0.2) is 4.68 Å². The molecule has 0 saturated heterocycles. The lowest BCUT2D eigenvalue weighted by Crippen LogP contribution is -2.07. The number of pyridine rings is 1. The van der Waals surface area contributed by atoms with Crippen LogP contribution in [0, 0.1) is 0 Å². The van der Waals surface area contributed by atoms with Crippen LogP contribution in [0.5, 0.6) is 5.88 Å². The van der Waals surface area contributed by atoms with Gasteiger partial charge in [-0.1, -0.05) is 18.2 Å². The van der Waals surface area contributed by atoms with Crippen LogP contribution in [-0.4, -0.2) is 25.8 Å². The fourth-order valence-electron chi connectivity index (χ4n) is 2.14. The number of azo groups is 1. The Morgan fingerprint density at radius 1 is 1.35 bits per heavy atom. The van der Waals surface area contributed by atoms with Crippen LogP contribution in [0.1, 0.15) is 6.92 Å². The monoisotopic (exact) mass is 312 g/mol. The van der Waals surface area contributed by atoms with Crippen LogP contribution in [0.3, 0.4) is 0 Å². The number of H-pyrrole nitrogens is 1. The quantitative estimate of drug-likeness (QED) is 0.617. The van der Waals surface area contributed by atoms with Crippen LogP contribution in [0.25, 0.3) is 16.6 Å². The van der Waals surface area contributed by atoms with Crippen molar-refractivity contribution >= 4 is 28.3 Å². The number of nitrogens with one attached hydrogen (secondary N) is 1. The smallest absolute Gasteiger partial charge is 0.264 e. The zero-order valence-corrected chi connectivity index (χ0v) is 12.0. The summed E-state index contributed by atoms with van der Waals surface area (Å²) in [5, 5.41) is 21.2. The number of amides is 1. The number of benzene rings is 1. The molecule has 9 heteroatoms. The van der Waals surface area contributed by atoms with E-state index in [0.29, 0.717) is 5.69 Å². The number of nitrogen functional groups attached to an aromatic ring is 1. The molecule has 23 heavy (non-hydrogen) atoms. The van der Waals surface area contributed by atoms with Gasteiger partial charge in [0.1, 0.15) is 16.7 Å². The number of rotatable bonds is 2. The molecule has 2 heterocycles. The standard InChI is InChI=1S/C14H12N6O3/c1-7(21)17-18-11-10-9(13(22)16-14(11)23)12(15)20(19-10)8-5-3-2-4-6-8/h2-6,23H,15H2,1H3,(H,16,22). The minimum Gasteiger partial charge on any atom is -0.493 e. The van der Waals surface area contributed by atoms with Gasteiger partial charge in [-0.3, -0.25) is 14.6 Å². The molecule has 0 radical (unpaired) electrons. The van der Waals surface area contributed by atoms with Crippen LogP contribution < -0.4 is 11.3 Å². The summed E-state index contributed by atoms with van der Waals surface area (Å²) in [4.78, 5) is 25.2. The number of aromatic amines is 1. The van der Waals surface area contributed by atoms with Crippen molar-refractivity contribution in [2.45, 2.75) is 6.92 Å². The van der Waals surface area contributed by atoms with Crippen LogP contribution in [0.15, 0.2) is 45.4 Å². The predicted molar refractivity (Wildman–Crippen MR) is 83.0 cm³/mol. The van der Waals surface area contributed by atoms with E-state index in [0.717, 1.165) is 0 Å². The average molecular weight is 312 g/mol. The molecule has 0 aliphatic heterocycles. The van der Waals surface area contributed by atoms with E-state index in [9.17, 15) is 14.7 Å². The van der Waals surface area contributed by atoms with Crippen molar-refractivity contribution in [3.8, 4) is 11.6 Å². The van der Waals surface area contributed by atoms with E-state index in [-0.39, 0.29) is 22.4 Å². The second-order valence-electron chi connectivity index (χ2n) is 4.73. The van der Waals surface area contributed by atoms with Crippen LogP contribution in [-0.2, 0) is 4.79 Å². The van der Waals surface area contributed by atoms with Crippen molar-refractivity contribution in [3.63, 3.8) is 0 Å². The first-order valence-electron chi connectivity index (χ1n) is 6.60. The lowest BCUT2D eigenvalue weighted by atomic mass is 10.2. The molecule has 3 aromatic rings. The Morgan fingerprint density at radius 3 is 2.70 bits per heavy atom. The Kier molecular flexibility index (Phi) is 3.37. The maximum atomic E-state index is 12.1. The number of nitrogens with two attached hydrogens (primary N) is 1. The highest BCUT2D eigenvalue weighted by molar-refractivity contribution is 5.97. The summed E-state index contributed by atoms with van der Waals surface area (Å²) >= 11 is 0. The zero-order chi connectivity index (χ0) is 16.6. The Balaban J connectivity index is 2.35. The maximum absolute atomic E-state index is 12.1. The van der Waals surface area contributed by atoms with Crippen molar-refractivity contribution in [2.24, 2.45) is 10.2 Å². The Bertz CT molecular complexity index is 987.